The van der Waals surface area contributed by atoms with E-state index >= 15 is 0 Å². The van der Waals surface area contributed by atoms with Gasteiger partial charge in [-0.1, -0.05) is 6.07 Å². The summed E-state index contributed by atoms with van der Waals surface area (Å²) >= 11 is 0. The summed E-state index contributed by atoms with van der Waals surface area (Å²) in [7, 11) is 3.28. The molecule has 2 rings (SSSR count). The highest BCUT2D eigenvalue weighted by Gasteiger charge is 2.21. The highest BCUT2D eigenvalue weighted by molar-refractivity contribution is 5.74. The number of amides is 2. The van der Waals surface area contributed by atoms with E-state index in [0.717, 1.165) is 44.2 Å². The normalized spacial score (nSPS) is 15.6. The summed E-state index contributed by atoms with van der Waals surface area (Å²) in [5, 5.41) is 2.94. The van der Waals surface area contributed by atoms with Crippen molar-refractivity contribution in [2.45, 2.75) is 26.4 Å². The second-order valence-electron chi connectivity index (χ2n) is 6.06. The van der Waals surface area contributed by atoms with Gasteiger partial charge < -0.3 is 19.7 Å². The Morgan fingerprint density at radius 3 is 2.35 bits per heavy atom. The van der Waals surface area contributed by atoms with Gasteiger partial charge in [0.15, 0.2) is 11.5 Å². The molecular formula is C17H27N3O3. The average molecular weight is 321 g/mol. The molecule has 1 aromatic rings. The minimum Gasteiger partial charge on any atom is -0.493 e. The number of nitrogens with zero attached hydrogens (tertiary/aromatic N) is 2. The molecule has 6 nitrogen and oxygen atoms in total. The molecule has 0 radical (unpaired) electrons. The molecule has 0 spiro atoms. The standard InChI is InChI=1S/C17H27N3O3/c1-13(2)18-17(21)20-9-7-19(8-10-20)12-14-5-6-15(22-3)16(11-14)23-4/h5-6,11,13H,7-10,12H2,1-4H3,(H,18,21). The Kier molecular flexibility index (Phi) is 6.10. The zero-order valence-corrected chi connectivity index (χ0v) is 14.5. The van der Waals surface area contributed by atoms with Crippen molar-refractivity contribution in [3.05, 3.63) is 23.8 Å². The molecule has 1 aliphatic heterocycles. The number of carbonyl (C=O) groups excluding carboxylic acids is 1. The number of urea groups is 1. The molecule has 6 heteroatoms. The third kappa shape index (κ3) is 4.76. The van der Waals surface area contributed by atoms with Gasteiger partial charge in [-0.25, -0.2) is 4.79 Å². The van der Waals surface area contributed by atoms with E-state index in [4.69, 9.17) is 9.47 Å². The maximum absolute atomic E-state index is 12.0. The Hall–Kier alpha value is -1.95. The van der Waals surface area contributed by atoms with Crippen molar-refractivity contribution in [1.29, 1.82) is 0 Å². The van der Waals surface area contributed by atoms with E-state index in [0.29, 0.717) is 0 Å². The molecule has 128 valence electrons. The molecule has 1 fully saturated rings. The molecule has 0 saturated carbocycles. The topological polar surface area (TPSA) is 54.0 Å². The lowest BCUT2D eigenvalue weighted by molar-refractivity contribution is 0.134. The zero-order chi connectivity index (χ0) is 16.8. The maximum Gasteiger partial charge on any atom is 0.317 e. The van der Waals surface area contributed by atoms with Gasteiger partial charge in [0, 0.05) is 38.8 Å². The summed E-state index contributed by atoms with van der Waals surface area (Å²) < 4.78 is 10.6. The molecular weight excluding hydrogens is 294 g/mol. The van der Waals surface area contributed by atoms with Crippen molar-refractivity contribution < 1.29 is 14.3 Å². The van der Waals surface area contributed by atoms with Crippen LogP contribution >= 0.6 is 0 Å². The Bertz CT molecular complexity index is 526. The van der Waals surface area contributed by atoms with Crippen LogP contribution in [0.15, 0.2) is 18.2 Å². The first kappa shape index (κ1) is 17.4. The summed E-state index contributed by atoms with van der Waals surface area (Å²) in [5.41, 5.74) is 1.18. The molecule has 1 aliphatic rings. The van der Waals surface area contributed by atoms with Gasteiger partial charge in [-0.15, -0.1) is 0 Å². The Labute approximate surface area is 138 Å². The van der Waals surface area contributed by atoms with Crippen LogP contribution in [-0.4, -0.2) is 62.3 Å². The van der Waals surface area contributed by atoms with Crippen molar-refractivity contribution in [3.63, 3.8) is 0 Å². The lowest BCUT2D eigenvalue weighted by atomic mass is 10.1. The summed E-state index contributed by atoms with van der Waals surface area (Å²) in [6, 6.07) is 6.20. The lowest BCUT2D eigenvalue weighted by Gasteiger charge is -2.35. The minimum atomic E-state index is 0.0331. The smallest absolute Gasteiger partial charge is 0.317 e. The van der Waals surface area contributed by atoms with Gasteiger partial charge in [-0.2, -0.15) is 0 Å². The van der Waals surface area contributed by atoms with Crippen LogP contribution in [-0.2, 0) is 6.54 Å². The first-order valence-electron chi connectivity index (χ1n) is 8.02. The van der Waals surface area contributed by atoms with Crippen molar-refractivity contribution >= 4 is 6.03 Å². The molecule has 1 aromatic carbocycles. The third-order valence-electron chi connectivity index (χ3n) is 3.93. The van der Waals surface area contributed by atoms with E-state index in [1.54, 1.807) is 14.2 Å². The highest BCUT2D eigenvalue weighted by Crippen LogP contribution is 2.28. The summed E-state index contributed by atoms with van der Waals surface area (Å²) in [6.07, 6.45) is 0. The fraction of sp³-hybridized carbons (Fsp3) is 0.588. The molecule has 1 saturated heterocycles. The van der Waals surface area contributed by atoms with Crippen LogP contribution in [0.2, 0.25) is 0 Å². The molecule has 23 heavy (non-hydrogen) atoms. The van der Waals surface area contributed by atoms with Crippen molar-refractivity contribution in [1.82, 2.24) is 15.1 Å². The van der Waals surface area contributed by atoms with E-state index in [1.165, 1.54) is 5.56 Å². The second kappa shape index (κ2) is 8.06. The third-order valence-corrected chi connectivity index (χ3v) is 3.93. The molecule has 0 aliphatic carbocycles. The van der Waals surface area contributed by atoms with Gasteiger partial charge >= 0.3 is 6.03 Å². The van der Waals surface area contributed by atoms with Crippen LogP contribution < -0.4 is 14.8 Å². The maximum atomic E-state index is 12.0. The van der Waals surface area contributed by atoms with Gasteiger partial charge in [0.1, 0.15) is 0 Å². The van der Waals surface area contributed by atoms with E-state index < -0.39 is 0 Å². The number of benzene rings is 1. The van der Waals surface area contributed by atoms with Crippen molar-refractivity contribution in [2.75, 3.05) is 40.4 Å². The molecule has 0 unspecified atom stereocenters. The van der Waals surface area contributed by atoms with Crippen molar-refractivity contribution in [3.8, 4) is 11.5 Å². The van der Waals surface area contributed by atoms with E-state index in [2.05, 4.69) is 16.3 Å². The summed E-state index contributed by atoms with van der Waals surface area (Å²) in [4.78, 5) is 16.2. The minimum absolute atomic E-state index is 0.0331. The highest BCUT2D eigenvalue weighted by atomic mass is 16.5. The second-order valence-corrected chi connectivity index (χ2v) is 6.06. The Morgan fingerprint density at radius 1 is 1.13 bits per heavy atom. The van der Waals surface area contributed by atoms with Crippen LogP contribution in [0.5, 0.6) is 11.5 Å². The summed E-state index contributed by atoms with van der Waals surface area (Å²) in [5.74, 6) is 1.49. The average Bonchev–Trinajstić information content (AvgIpc) is 2.54. The quantitative estimate of drug-likeness (QED) is 0.900. The largest absolute Gasteiger partial charge is 0.493 e. The molecule has 1 N–H and O–H groups in total. The van der Waals surface area contributed by atoms with Crippen LogP contribution in [0.25, 0.3) is 0 Å². The summed E-state index contributed by atoms with van der Waals surface area (Å²) in [6.45, 7) is 8.06. The number of hydrogen-bond donors (Lipinski definition) is 1. The predicted octanol–water partition coefficient (Wildman–Crippen LogP) is 1.94. The number of methoxy groups -OCH3 is 2. The lowest BCUT2D eigenvalue weighted by Crippen LogP contribution is -2.52. The van der Waals surface area contributed by atoms with Crippen LogP contribution in [0, 0.1) is 0 Å². The first-order chi connectivity index (χ1) is 11.0. The first-order valence-corrected chi connectivity index (χ1v) is 8.02. The fourth-order valence-electron chi connectivity index (χ4n) is 2.68. The number of carbonyl (C=O) groups is 1. The van der Waals surface area contributed by atoms with E-state index in [-0.39, 0.29) is 12.1 Å². The zero-order valence-electron chi connectivity index (χ0n) is 14.5. The molecule has 1 heterocycles. The number of hydrogen-bond acceptors (Lipinski definition) is 4. The van der Waals surface area contributed by atoms with Crippen molar-refractivity contribution in [2.24, 2.45) is 0 Å². The van der Waals surface area contributed by atoms with Gasteiger partial charge in [-0.3, -0.25) is 4.90 Å². The van der Waals surface area contributed by atoms with Crippen LogP contribution in [0.3, 0.4) is 0 Å². The Balaban J connectivity index is 1.88. The van der Waals surface area contributed by atoms with E-state index in [9.17, 15) is 4.79 Å². The SMILES string of the molecule is COc1ccc(CN2CCN(C(=O)NC(C)C)CC2)cc1OC. The van der Waals surface area contributed by atoms with Gasteiger partial charge in [-0.05, 0) is 31.5 Å². The fourth-order valence-corrected chi connectivity index (χ4v) is 2.68. The molecule has 0 atom stereocenters. The predicted molar refractivity (Wildman–Crippen MR) is 90.1 cm³/mol. The van der Waals surface area contributed by atoms with Crippen LogP contribution in [0.1, 0.15) is 19.4 Å². The van der Waals surface area contributed by atoms with Gasteiger partial charge in [0.25, 0.3) is 0 Å². The van der Waals surface area contributed by atoms with Gasteiger partial charge in [0.05, 0.1) is 14.2 Å². The van der Waals surface area contributed by atoms with Gasteiger partial charge in [0.2, 0.25) is 0 Å². The van der Waals surface area contributed by atoms with Crippen LogP contribution in [0.4, 0.5) is 4.79 Å². The van der Waals surface area contributed by atoms with E-state index in [1.807, 2.05) is 30.9 Å². The number of piperazine rings is 1. The number of nitrogens with one attached hydrogen (secondary N) is 1. The molecule has 0 aromatic heterocycles. The number of rotatable bonds is 5. The molecule has 0 bridgehead atoms. The monoisotopic (exact) mass is 321 g/mol. The molecule has 2 amide bonds. The number of ether oxygens (including phenoxy) is 2. The Morgan fingerprint density at radius 2 is 1.78 bits per heavy atom.